The number of rotatable bonds is 5. The summed E-state index contributed by atoms with van der Waals surface area (Å²) in [6.45, 7) is 2.84. The van der Waals surface area contributed by atoms with Gasteiger partial charge in [-0.15, -0.1) is 0 Å². The second-order valence-corrected chi connectivity index (χ2v) is 4.51. The van der Waals surface area contributed by atoms with E-state index in [4.69, 9.17) is 4.74 Å². The summed E-state index contributed by atoms with van der Waals surface area (Å²) in [5, 5.41) is 14.7. The maximum Gasteiger partial charge on any atom is 0.273 e. The molecule has 0 amide bonds. The summed E-state index contributed by atoms with van der Waals surface area (Å²) in [6.07, 6.45) is 1.45. The van der Waals surface area contributed by atoms with Crippen molar-refractivity contribution in [1.29, 1.82) is 0 Å². The average Bonchev–Trinajstić information content (AvgIpc) is 2.85. The molecule has 0 saturated carbocycles. The van der Waals surface area contributed by atoms with Crippen LogP contribution in [0.1, 0.15) is 12.7 Å². The van der Waals surface area contributed by atoms with Crippen LogP contribution < -0.4 is 4.74 Å². The lowest BCUT2D eigenvalue weighted by Crippen LogP contribution is -2.07. The van der Waals surface area contributed by atoms with Gasteiger partial charge in [0.25, 0.3) is 5.69 Å². The summed E-state index contributed by atoms with van der Waals surface area (Å²) in [5.41, 5.74) is -0.0184. The molecule has 1 heterocycles. The third-order valence-electron chi connectivity index (χ3n) is 2.48. The van der Waals surface area contributed by atoms with Crippen molar-refractivity contribution in [2.75, 3.05) is 0 Å². The molecular formula is C11H11BrN4O3. The fourth-order valence-electron chi connectivity index (χ4n) is 1.52. The number of hydrogen-bond acceptors (Lipinski definition) is 5. The average molecular weight is 327 g/mol. The first-order valence-corrected chi connectivity index (χ1v) is 6.34. The Labute approximate surface area is 117 Å². The Kier molecular flexibility index (Phi) is 4.10. The maximum absolute atomic E-state index is 10.7. The molecule has 100 valence electrons. The van der Waals surface area contributed by atoms with Crippen LogP contribution in [0.4, 0.5) is 5.69 Å². The molecule has 0 aliphatic heterocycles. The van der Waals surface area contributed by atoms with Gasteiger partial charge in [-0.3, -0.25) is 10.1 Å². The summed E-state index contributed by atoms with van der Waals surface area (Å²) in [5.74, 6) is 1.07. The molecule has 19 heavy (non-hydrogen) atoms. The predicted molar refractivity (Wildman–Crippen MR) is 70.8 cm³/mol. The lowest BCUT2D eigenvalue weighted by Gasteiger charge is -2.08. The lowest BCUT2D eigenvalue weighted by molar-refractivity contribution is -0.385. The zero-order valence-corrected chi connectivity index (χ0v) is 11.7. The standard InChI is InChI=1S/C11H11BrN4O3/c1-2-15-11(13-7-14-15)6-19-10-5-8(16(17)18)3-4-9(10)12/h3-5,7H,2,6H2,1H3. The van der Waals surface area contributed by atoms with Gasteiger partial charge in [-0.05, 0) is 28.9 Å². The number of benzene rings is 1. The fraction of sp³-hybridized carbons (Fsp3) is 0.273. The largest absolute Gasteiger partial charge is 0.484 e. The first-order chi connectivity index (χ1) is 9.11. The lowest BCUT2D eigenvalue weighted by atomic mass is 10.3. The van der Waals surface area contributed by atoms with E-state index in [1.807, 2.05) is 6.92 Å². The van der Waals surface area contributed by atoms with Crippen LogP contribution in [-0.4, -0.2) is 19.7 Å². The molecule has 0 atom stereocenters. The topological polar surface area (TPSA) is 83.1 Å². The summed E-state index contributed by atoms with van der Waals surface area (Å²) in [6, 6.07) is 4.36. The van der Waals surface area contributed by atoms with Crippen LogP contribution >= 0.6 is 15.9 Å². The predicted octanol–water partition coefficient (Wildman–Crippen LogP) is 2.55. The minimum Gasteiger partial charge on any atom is -0.484 e. The molecule has 2 rings (SSSR count). The van der Waals surface area contributed by atoms with Gasteiger partial charge in [-0.25, -0.2) is 9.67 Å². The highest BCUT2D eigenvalue weighted by molar-refractivity contribution is 9.10. The zero-order chi connectivity index (χ0) is 13.8. The zero-order valence-electron chi connectivity index (χ0n) is 10.1. The van der Waals surface area contributed by atoms with Crippen molar-refractivity contribution in [3.05, 3.63) is 44.9 Å². The Morgan fingerprint density at radius 1 is 1.53 bits per heavy atom. The molecule has 0 fully saturated rings. The molecule has 0 radical (unpaired) electrons. The van der Waals surface area contributed by atoms with Gasteiger partial charge in [-0.2, -0.15) is 5.10 Å². The molecule has 8 heteroatoms. The number of halogens is 1. The minimum absolute atomic E-state index is 0.0184. The summed E-state index contributed by atoms with van der Waals surface area (Å²) < 4.78 is 7.89. The minimum atomic E-state index is -0.464. The van der Waals surface area contributed by atoms with Crippen molar-refractivity contribution >= 4 is 21.6 Å². The summed E-state index contributed by atoms with van der Waals surface area (Å²) in [7, 11) is 0. The quantitative estimate of drug-likeness (QED) is 0.622. The van der Waals surface area contributed by atoms with Crippen LogP contribution in [0.5, 0.6) is 5.75 Å². The first kappa shape index (κ1) is 13.5. The molecule has 7 nitrogen and oxygen atoms in total. The maximum atomic E-state index is 10.7. The van der Waals surface area contributed by atoms with Crippen LogP contribution in [0, 0.1) is 10.1 Å². The fourth-order valence-corrected chi connectivity index (χ4v) is 1.88. The van der Waals surface area contributed by atoms with Gasteiger partial charge in [0.15, 0.2) is 5.82 Å². The van der Waals surface area contributed by atoms with Gasteiger partial charge in [-0.1, -0.05) is 0 Å². The van der Waals surface area contributed by atoms with Crippen molar-refractivity contribution in [2.45, 2.75) is 20.1 Å². The molecule has 0 N–H and O–H groups in total. The number of nitrogens with zero attached hydrogens (tertiary/aromatic N) is 4. The van der Waals surface area contributed by atoms with E-state index in [0.717, 1.165) is 0 Å². The van der Waals surface area contributed by atoms with Crippen molar-refractivity contribution in [1.82, 2.24) is 14.8 Å². The molecule has 1 aromatic carbocycles. The van der Waals surface area contributed by atoms with Crippen LogP contribution in [-0.2, 0) is 13.2 Å². The van der Waals surface area contributed by atoms with E-state index in [1.165, 1.54) is 18.5 Å². The number of hydrogen-bond donors (Lipinski definition) is 0. The number of nitro benzene ring substituents is 1. The van der Waals surface area contributed by atoms with E-state index in [1.54, 1.807) is 10.7 Å². The van der Waals surface area contributed by atoms with E-state index in [0.29, 0.717) is 22.6 Å². The van der Waals surface area contributed by atoms with E-state index in [2.05, 4.69) is 26.0 Å². The third-order valence-corrected chi connectivity index (χ3v) is 3.13. The second kappa shape index (κ2) is 5.79. The van der Waals surface area contributed by atoms with E-state index < -0.39 is 4.92 Å². The number of ether oxygens (including phenoxy) is 1. The number of aromatic nitrogens is 3. The normalized spacial score (nSPS) is 10.4. The first-order valence-electron chi connectivity index (χ1n) is 5.55. The molecule has 2 aromatic rings. The van der Waals surface area contributed by atoms with Gasteiger partial charge < -0.3 is 4.74 Å². The Morgan fingerprint density at radius 3 is 3.00 bits per heavy atom. The van der Waals surface area contributed by atoms with E-state index in [9.17, 15) is 10.1 Å². The van der Waals surface area contributed by atoms with Crippen molar-refractivity contribution < 1.29 is 9.66 Å². The molecule has 0 spiro atoms. The Hall–Kier alpha value is -1.96. The molecule has 0 saturated heterocycles. The highest BCUT2D eigenvalue weighted by Crippen LogP contribution is 2.29. The van der Waals surface area contributed by atoms with Crippen molar-refractivity contribution in [3.8, 4) is 5.75 Å². The monoisotopic (exact) mass is 326 g/mol. The Bertz CT molecular complexity index is 599. The van der Waals surface area contributed by atoms with Gasteiger partial charge in [0, 0.05) is 12.6 Å². The molecule has 0 aliphatic rings. The Balaban J connectivity index is 2.15. The van der Waals surface area contributed by atoms with Crippen LogP contribution in [0.3, 0.4) is 0 Å². The number of aryl methyl sites for hydroxylation is 1. The molecule has 1 aromatic heterocycles. The third kappa shape index (κ3) is 3.08. The van der Waals surface area contributed by atoms with E-state index >= 15 is 0 Å². The van der Waals surface area contributed by atoms with Gasteiger partial charge >= 0.3 is 0 Å². The summed E-state index contributed by atoms with van der Waals surface area (Å²) >= 11 is 3.29. The SMILES string of the molecule is CCn1ncnc1COc1cc([N+](=O)[O-])ccc1Br. The van der Waals surface area contributed by atoms with Gasteiger partial charge in [0.1, 0.15) is 18.7 Å². The molecule has 0 bridgehead atoms. The molecular weight excluding hydrogens is 316 g/mol. The number of nitro groups is 1. The van der Waals surface area contributed by atoms with Crippen LogP contribution in [0.25, 0.3) is 0 Å². The van der Waals surface area contributed by atoms with Gasteiger partial charge in [0.05, 0.1) is 15.5 Å². The second-order valence-electron chi connectivity index (χ2n) is 3.65. The van der Waals surface area contributed by atoms with Crippen molar-refractivity contribution in [2.24, 2.45) is 0 Å². The van der Waals surface area contributed by atoms with Crippen molar-refractivity contribution in [3.63, 3.8) is 0 Å². The van der Waals surface area contributed by atoms with Gasteiger partial charge in [0.2, 0.25) is 0 Å². The van der Waals surface area contributed by atoms with Crippen LogP contribution in [0.2, 0.25) is 0 Å². The number of non-ortho nitro benzene ring substituents is 1. The van der Waals surface area contributed by atoms with Crippen LogP contribution in [0.15, 0.2) is 29.0 Å². The molecule has 0 aliphatic carbocycles. The van der Waals surface area contributed by atoms with E-state index in [-0.39, 0.29) is 12.3 Å². The smallest absolute Gasteiger partial charge is 0.273 e. The molecule has 0 unspecified atom stereocenters. The summed E-state index contributed by atoms with van der Waals surface area (Å²) in [4.78, 5) is 14.3. The highest BCUT2D eigenvalue weighted by atomic mass is 79.9. The Morgan fingerprint density at radius 2 is 2.32 bits per heavy atom. The highest BCUT2D eigenvalue weighted by Gasteiger charge is 2.11.